The molecule has 2 saturated heterocycles. The Bertz CT molecular complexity index is 1220. The maximum Gasteiger partial charge on any atom is 0.407 e. The number of ether oxygens (including phenoxy) is 2. The summed E-state index contributed by atoms with van der Waals surface area (Å²) >= 11 is 0. The number of carbonyl (C=O) groups excluding carboxylic acids is 2. The molecule has 2 fully saturated rings. The van der Waals surface area contributed by atoms with Crippen LogP contribution in [0.1, 0.15) is 42.9 Å². The molecule has 206 valence electrons. The molecule has 0 aliphatic carbocycles. The molecule has 0 bridgehead atoms. The van der Waals surface area contributed by atoms with Crippen LogP contribution >= 0.6 is 0 Å². The van der Waals surface area contributed by atoms with Gasteiger partial charge in [-0.1, -0.05) is 24.3 Å². The van der Waals surface area contributed by atoms with Gasteiger partial charge in [-0.15, -0.1) is 0 Å². The number of alkyl carbamates (subject to hydrolysis) is 1. The van der Waals surface area contributed by atoms with Crippen molar-refractivity contribution in [2.75, 3.05) is 46.7 Å². The summed E-state index contributed by atoms with van der Waals surface area (Å²) in [5.41, 5.74) is 1.60. The number of hydrogen-bond donors (Lipinski definition) is 1. The average molecular weight is 544 g/mol. The first-order valence-corrected chi connectivity index (χ1v) is 14.8. The van der Waals surface area contributed by atoms with Crippen molar-refractivity contribution in [3.63, 3.8) is 0 Å². The van der Waals surface area contributed by atoms with Crippen LogP contribution < -0.4 is 10.1 Å². The third kappa shape index (κ3) is 6.47. The molecular weight excluding hydrogens is 506 g/mol. The number of sulfone groups is 1. The monoisotopic (exact) mass is 543 g/mol. The van der Waals surface area contributed by atoms with E-state index in [9.17, 15) is 18.0 Å². The van der Waals surface area contributed by atoms with E-state index in [1.807, 2.05) is 29.2 Å². The zero-order valence-corrected chi connectivity index (χ0v) is 23.1. The first kappa shape index (κ1) is 27.9. The summed E-state index contributed by atoms with van der Waals surface area (Å²) in [6, 6.07) is 14.3. The summed E-state index contributed by atoms with van der Waals surface area (Å²) in [5, 5.41) is 2.93. The number of benzene rings is 2. The van der Waals surface area contributed by atoms with Crippen LogP contribution in [0.3, 0.4) is 0 Å². The van der Waals surface area contributed by atoms with E-state index in [0.29, 0.717) is 6.54 Å². The fourth-order valence-electron chi connectivity index (χ4n) is 5.45. The molecule has 2 aliphatic rings. The van der Waals surface area contributed by atoms with Crippen LogP contribution in [0.4, 0.5) is 4.79 Å². The number of nitrogens with zero attached hydrogens (tertiary/aromatic N) is 2. The maximum absolute atomic E-state index is 13.4. The van der Waals surface area contributed by atoms with Crippen LogP contribution in [0.25, 0.3) is 0 Å². The molecule has 0 aromatic heterocycles. The van der Waals surface area contributed by atoms with E-state index < -0.39 is 15.9 Å². The van der Waals surface area contributed by atoms with E-state index >= 15 is 0 Å². The van der Waals surface area contributed by atoms with Crippen molar-refractivity contribution in [2.45, 2.75) is 43.2 Å². The van der Waals surface area contributed by atoms with Gasteiger partial charge in [-0.05, 0) is 74.2 Å². The van der Waals surface area contributed by atoms with Gasteiger partial charge in [0.2, 0.25) is 5.91 Å². The van der Waals surface area contributed by atoms with Crippen LogP contribution in [-0.2, 0) is 25.9 Å². The predicted molar refractivity (Wildman–Crippen MR) is 144 cm³/mol. The van der Waals surface area contributed by atoms with Gasteiger partial charge in [-0.2, -0.15) is 0 Å². The van der Waals surface area contributed by atoms with E-state index in [-0.39, 0.29) is 22.3 Å². The second-order valence-electron chi connectivity index (χ2n) is 10.3. The first-order valence-electron chi connectivity index (χ1n) is 12.9. The lowest BCUT2D eigenvalue weighted by Crippen LogP contribution is -2.45. The molecule has 1 spiro atoms. The van der Waals surface area contributed by atoms with Crippen LogP contribution in [0.2, 0.25) is 0 Å². The van der Waals surface area contributed by atoms with Crippen molar-refractivity contribution in [1.82, 2.24) is 15.1 Å². The molecule has 10 heteroatoms. The van der Waals surface area contributed by atoms with Crippen molar-refractivity contribution < 1.29 is 27.5 Å². The molecule has 38 heavy (non-hydrogen) atoms. The minimum atomic E-state index is -3.24. The molecule has 2 aliphatic heterocycles. The van der Waals surface area contributed by atoms with E-state index in [1.54, 1.807) is 31.4 Å². The van der Waals surface area contributed by atoms with E-state index in [4.69, 9.17) is 9.47 Å². The second kappa shape index (κ2) is 11.7. The highest BCUT2D eigenvalue weighted by atomic mass is 32.2. The highest BCUT2D eigenvalue weighted by molar-refractivity contribution is 7.90. The summed E-state index contributed by atoms with van der Waals surface area (Å²) in [6.45, 7) is 3.67. The molecule has 0 radical (unpaired) electrons. The Labute approximate surface area is 225 Å². The fraction of sp³-hybridized carbons (Fsp3) is 0.500. The van der Waals surface area contributed by atoms with Gasteiger partial charge in [0.15, 0.2) is 9.84 Å². The minimum absolute atomic E-state index is 0.193. The Morgan fingerprint density at radius 3 is 2.21 bits per heavy atom. The number of hydrogen-bond acceptors (Lipinski definition) is 7. The van der Waals surface area contributed by atoms with Crippen LogP contribution in [0.15, 0.2) is 53.4 Å². The molecule has 9 nitrogen and oxygen atoms in total. The Balaban J connectivity index is 1.31. The van der Waals surface area contributed by atoms with Crippen molar-refractivity contribution in [3.8, 4) is 5.75 Å². The number of piperidine rings is 1. The highest BCUT2D eigenvalue weighted by Gasteiger charge is 2.47. The van der Waals surface area contributed by atoms with Gasteiger partial charge in [0, 0.05) is 25.9 Å². The van der Waals surface area contributed by atoms with Gasteiger partial charge in [0.05, 0.1) is 30.6 Å². The van der Waals surface area contributed by atoms with Crippen molar-refractivity contribution in [1.29, 1.82) is 0 Å². The number of amides is 2. The summed E-state index contributed by atoms with van der Waals surface area (Å²) in [5.74, 6) is 0.959. The Hall–Kier alpha value is -3.11. The maximum atomic E-state index is 13.4. The normalized spacial score (nSPS) is 18.4. The van der Waals surface area contributed by atoms with Crippen LogP contribution in [0, 0.1) is 5.41 Å². The summed E-state index contributed by atoms with van der Waals surface area (Å²) in [7, 11) is -0.261. The zero-order valence-electron chi connectivity index (χ0n) is 22.3. The third-order valence-electron chi connectivity index (χ3n) is 7.87. The molecule has 1 unspecified atom stereocenters. The first-order chi connectivity index (χ1) is 18.1. The van der Waals surface area contributed by atoms with Crippen LogP contribution in [0.5, 0.6) is 5.75 Å². The van der Waals surface area contributed by atoms with Gasteiger partial charge >= 0.3 is 6.09 Å². The largest absolute Gasteiger partial charge is 0.497 e. The van der Waals surface area contributed by atoms with Gasteiger partial charge in [-0.25, -0.2) is 13.2 Å². The van der Waals surface area contributed by atoms with Gasteiger partial charge in [-0.3, -0.25) is 4.79 Å². The number of nitrogens with one attached hydrogen (secondary N) is 1. The molecule has 1 N–H and O–H groups in total. The third-order valence-corrected chi connectivity index (χ3v) is 9.00. The molecule has 2 amide bonds. The lowest BCUT2D eigenvalue weighted by atomic mass is 9.77. The molecular formula is C28H37N3O6S. The van der Waals surface area contributed by atoms with Gasteiger partial charge < -0.3 is 24.6 Å². The lowest BCUT2D eigenvalue weighted by Gasteiger charge is -2.38. The molecule has 2 aromatic rings. The second-order valence-corrected chi connectivity index (χ2v) is 12.3. The Morgan fingerprint density at radius 2 is 1.63 bits per heavy atom. The molecule has 2 aromatic carbocycles. The summed E-state index contributed by atoms with van der Waals surface area (Å²) in [4.78, 5) is 29.9. The zero-order chi connectivity index (χ0) is 27.3. The number of rotatable bonds is 9. The predicted octanol–water partition coefficient (Wildman–Crippen LogP) is 3.40. The molecule has 4 rings (SSSR count). The Kier molecular flexibility index (Phi) is 8.62. The Morgan fingerprint density at radius 1 is 1.00 bits per heavy atom. The summed E-state index contributed by atoms with van der Waals surface area (Å²) < 4.78 is 33.5. The standard InChI is InChI=1S/C28H37N3O6S/c1-36-23-8-6-22(7-9-23)25(29-27(33)37-2)12-16-30-17-13-28(14-18-30)15-19-31(26(28)32)20-21-4-10-24(11-5-21)38(3,34)35/h4-11,25H,12-20H2,1-3H3,(H,29,33). The van der Waals surface area contributed by atoms with Crippen molar-refractivity contribution >= 4 is 21.8 Å². The SMILES string of the molecule is COC(=O)NC(CCN1CCC2(CC1)CCN(Cc1ccc(S(C)(=O)=O)cc1)C2=O)c1ccc(OC)cc1. The van der Waals surface area contributed by atoms with Crippen molar-refractivity contribution in [3.05, 3.63) is 59.7 Å². The van der Waals surface area contributed by atoms with E-state index in [2.05, 4.69) is 10.2 Å². The van der Waals surface area contributed by atoms with Gasteiger partial charge in [0.1, 0.15) is 5.75 Å². The topological polar surface area (TPSA) is 105 Å². The van der Waals surface area contributed by atoms with Gasteiger partial charge in [0.25, 0.3) is 0 Å². The molecule has 1 atom stereocenters. The fourth-order valence-corrected chi connectivity index (χ4v) is 6.08. The number of likely N-dealkylation sites (tertiary alicyclic amines) is 2. The molecule has 2 heterocycles. The average Bonchev–Trinajstić information content (AvgIpc) is 3.21. The lowest BCUT2D eigenvalue weighted by molar-refractivity contribution is -0.138. The number of methoxy groups -OCH3 is 2. The highest BCUT2D eigenvalue weighted by Crippen LogP contribution is 2.42. The molecule has 0 saturated carbocycles. The quantitative estimate of drug-likeness (QED) is 0.517. The van der Waals surface area contributed by atoms with Crippen molar-refractivity contribution in [2.24, 2.45) is 5.41 Å². The number of carbonyl (C=O) groups is 2. The van der Waals surface area contributed by atoms with E-state index in [0.717, 1.165) is 68.7 Å². The smallest absolute Gasteiger partial charge is 0.407 e. The van der Waals surface area contributed by atoms with Crippen LogP contribution in [-0.4, -0.2) is 76.9 Å². The summed E-state index contributed by atoms with van der Waals surface area (Å²) in [6.07, 6.45) is 3.92. The van der Waals surface area contributed by atoms with E-state index in [1.165, 1.54) is 13.4 Å². The minimum Gasteiger partial charge on any atom is -0.497 e.